The van der Waals surface area contributed by atoms with Gasteiger partial charge in [0, 0.05) is 0 Å². The van der Waals surface area contributed by atoms with Crippen molar-refractivity contribution in [1.82, 2.24) is 4.98 Å². The van der Waals surface area contributed by atoms with Gasteiger partial charge in [-0.15, -0.1) is 0 Å². The van der Waals surface area contributed by atoms with Crippen molar-refractivity contribution in [2.75, 3.05) is 0 Å². The molecule has 2 N–H and O–H groups in total. The van der Waals surface area contributed by atoms with Crippen LogP contribution < -0.4 is 4.66 Å². The Morgan fingerprint density at radius 1 is 1.71 bits per heavy atom. The summed E-state index contributed by atoms with van der Waals surface area (Å²) < 4.78 is 1.29. The SMILES string of the molecule is C=C(C)[CH2][Ni]([CH2]C=N)[c]1[nH]ccc1C. The van der Waals surface area contributed by atoms with E-state index in [-0.39, 0.29) is 13.4 Å². The van der Waals surface area contributed by atoms with Crippen LogP contribution in [-0.2, 0) is 13.4 Å². The van der Waals surface area contributed by atoms with Crippen LogP contribution in [-0.4, -0.2) is 11.2 Å². The molecule has 0 saturated carbocycles. The zero-order chi connectivity index (χ0) is 10.6. The van der Waals surface area contributed by atoms with Crippen molar-refractivity contribution in [1.29, 1.82) is 5.41 Å². The van der Waals surface area contributed by atoms with E-state index in [1.807, 2.05) is 13.1 Å². The van der Waals surface area contributed by atoms with E-state index < -0.39 is 0 Å². The molecule has 0 aliphatic heterocycles. The molecule has 0 aliphatic carbocycles. The summed E-state index contributed by atoms with van der Waals surface area (Å²) in [6.07, 6.45) is 3.47. The van der Waals surface area contributed by atoms with E-state index in [1.54, 1.807) is 0 Å². The number of hydrogen-bond donors (Lipinski definition) is 2. The van der Waals surface area contributed by atoms with Crippen LogP contribution in [0.25, 0.3) is 0 Å². The molecule has 81 valence electrons. The molecule has 0 atom stereocenters. The second kappa shape index (κ2) is 5.16. The van der Waals surface area contributed by atoms with Crippen molar-refractivity contribution in [3.63, 3.8) is 0 Å². The average molecular weight is 236 g/mol. The van der Waals surface area contributed by atoms with Gasteiger partial charge in [0.05, 0.1) is 0 Å². The summed E-state index contributed by atoms with van der Waals surface area (Å²) in [6, 6.07) is 2.08. The molecule has 3 heteroatoms. The summed E-state index contributed by atoms with van der Waals surface area (Å²) in [5.74, 6) is 0. The molecule has 0 aliphatic rings. The zero-order valence-corrected chi connectivity index (χ0v) is 9.66. The molecule has 14 heavy (non-hydrogen) atoms. The Bertz CT molecular complexity index is 328. The van der Waals surface area contributed by atoms with Crippen LogP contribution in [0.5, 0.6) is 0 Å². The third-order valence-corrected chi connectivity index (χ3v) is 4.56. The Morgan fingerprint density at radius 3 is 2.86 bits per heavy atom. The first-order chi connectivity index (χ1) is 6.65. The zero-order valence-electron chi connectivity index (χ0n) is 8.67. The van der Waals surface area contributed by atoms with Crippen LogP contribution >= 0.6 is 0 Å². The van der Waals surface area contributed by atoms with E-state index in [1.165, 1.54) is 22.0 Å². The molecule has 1 heterocycles. The van der Waals surface area contributed by atoms with E-state index in [0.717, 1.165) is 10.8 Å². The summed E-state index contributed by atoms with van der Waals surface area (Å²) in [7, 11) is 0. The quantitative estimate of drug-likeness (QED) is 0.448. The molecule has 0 amide bonds. The molecule has 0 spiro atoms. The number of aromatic amines is 1. The first kappa shape index (κ1) is 11.3. The number of hydrogen-bond acceptors (Lipinski definition) is 1. The van der Waals surface area contributed by atoms with E-state index >= 15 is 0 Å². The number of aromatic nitrogens is 1. The molecular weight excluding hydrogens is 219 g/mol. The first-order valence-corrected chi connectivity index (χ1v) is 6.31. The molecule has 1 rings (SSSR count). The first-order valence-electron chi connectivity index (χ1n) is 4.42. The second-order valence-corrected chi connectivity index (χ2v) is 5.67. The van der Waals surface area contributed by atoms with Crippen molar-refractivity contribution >= 4 is 10.9 Å². The molecule has 1 aromatic rings. The summed E-state index contributed by atoms with van der Waals surface area (Å²) >= 11 is -0.0394. The van der Waals surface area contributed by atoms with Gasteiger partial charge in [0.2, 0.25) is 0 Å². The topological polar surface area (TPSA) is 39.6 Å². The monoisotopic (exact) mass is 235 g/mol. The fourth-order valence-electron chi connectivity index (χ4n) is 1.13. The van der Waals surface area contributed by atoms with Gasteiger partial charge >= 0.3 is 89.3 Å². The molecule has 0 unspecified atom stereocenters. The van der Waals surface area contributed by atoms with Crippen molar-refractivity contribution in [2.45, 2.75) is 24.6 Å². The molecule has 2 nitrogen and oxygen atoms in total. The fraction of sp³-hybridized carbons (Fsp3) is 0.364. The second-order valence-electron chi connectivity index (χ2n) is 3.23. The molecule has 0 fully saturated rings. The van der Waals surface area contributed by atoms with E-state index in [0.29, 0.717) is 0 Å². The number of rotatable bonds is 5. The molecule has 0 radical (unpaired) electrons. The van der Waals surface area contributed by atoms with Crippen molar-refractivity contribution in [2.24, 2.45) is 0 Å². The predicted molar refractivity (Wildman–Crippen MR) is 58.4 cm³/mol. The van der Waals surface area contributed by atoms with Crippen LogP contribution in [0.2, 0.25) is 10.8 Å². The number of allylic oxidation sites excluding steroid dienone is 1. The Hall–Kier alpha value is -0.816. The van der Waals surface area contributed by atoms with E-state index in [2.05, 4.69) is 24.6 Å². The minimum atomic E-state index is -0.0394. The molecule has 1 aromatic heterocycles. The van der Waals surface area contributed by atoms with Gasteiger partial charge < -0.3 is 0 Å². The maximum absolute atomic E-state index is 7.19. The normalized spacial score (nSPS) is 11.1. The predicted octanol–water partition coefficient (Wildman–Crippen LogP) is 2.63. The van der Waals surface area contributed by atoms with Gasteiger partial charge in [-0.1, -0.05) is 0 Å². The van der Waals surface area contributed by atoms with Crippen LogP contribution in [0.15, 0.2) is 24.4 Å². The van der Waals surface area contributed by atoms with Crippen LogP contribution in [0.4, 0.5) is 0 Å². The molecular formula is C11H17N2Ni. The van der Waals surface area contributed by atoms with Crippen LogP contribution in [0.3, 0.4) is 0 Å². The minimum absolute atomic E-state index is 0.0394. The fourth-order valence-corrected chi connectivity index (χ4v) is 3.53. The van der Waals surface area contributed by atoms with E-state index in [4.69, 9.17) is 5.41 Å². The standard InChI is InChI=1S/C5H6N.C4H7.C2H4N.Ni/c1-5-2-3-6-4-5;1-4(2)3;1-2-3;/h2-3,6H,1H3;1-2H2,3H3;2-3H,1H2;. The van der Waals surface area contributed by atoms with Crippen molar-refractivity contribution < 1.29 is 13.4 Å². The van der Waals surface area contributed by atoms with Gasteiger partial charge in [-0.25, -0.2) is 0 Å². The Morgan fingerprint density at radius 2 is 2.43 bits per heavy atom. The Labute approximate surface area is 89.6 Å². The van der Waals surface area contributed by atoms with Crippen molar-refractivity contribution in [3.8, 4) is 0 Å². The summed E-state index contributed by atoms with van der Waals surface area (Å²) in [4.78, 5) is 3.27. The van der Waals surface area contributed by atoms with Crippen LogP contribution in [0.1, 0.15) is 12.5 Å². The van der Waals surface area contributed by atoms with E-state index in [9.17, 15) is 0 Å². The summed E-state index contributed by atoms with van der Waals surface area (Å²) in [5, 5.41) is 9.02. The summed E-state index contributed by atoms with van der Waals surface area (Å²) in [6.45, 7) is 8.09. The van der Waals surface area contributed by atoms with Gasteiger partial charge in [-0.3, -0.25) is 0 Å². The number of nitrogens with one attached hydrogen (secondary N) is 2. The number of H-pyrrole nitrogens is 1. The van der Waals surface area contributed by atoms with Gasteiger partial charge in [-0.05, 0) is 0 Å². The average Bonchev–Trinajstić information content (AvgIpc) is 2.50. The van der Waals surface area contributed by atoms with Gasteiger partial charge in [0.15, 0.2) is 0 Å². The van der Waals surface area contributed by atoms with Gasteiger partial charge in [-0.2, -0.15) is 0 Å². The maximum atomic E-state index is 7.19. The Kier molecular flexibility index (Phi) is 4.15. The molecule has 0 bridgehead atoms. The summed E-state index contributed by atoms with van der Waals surface area (Å²) in [5.41, 5.74) is 2.49. The molecule has 0 aromatic carbocycles. The van der Waals surface area contributed by atoms with Crippen LogP contribution in [0, 0.1) is 12.3 Å². The van der Waals surface area contributed by atoms with Gasteiger partial charge in [0.1, 0.15) is 0 Å². The third-order valence-electron chi connectivity index (χ3n) is 1.63. The van der Waals surface area contributed by atoms with Crippen molar-refractivity contribution in [3.05, 3.63) is 30.0 Å². The molecule has 0 saturated heterocycles. The number of aryl methyl sites for hydroxylation is 1. The third kappa shape index (κ3) is 2.85. The Balaban J connectivity index is 2.82. The van der Waals surface area contributed by atoms with Gasteiger partial charge in [0.25, 0.3) is 0 Å².